The van der Waals surface area contributed by atoms with Gasteiger partial charge in [-0.15, -0.1) is 0 Å². The van der Waals surface area contributed by atoms with Crippen LogP contribution in [0.15, 0.2) is 22.7 Å². The van der Waals surface area contributed by atoms with Gasteiger partial charge in [0.2, 0.25) is 0 Å². The van der Waals surface area contributed by atoms with Crippen LogP contribution in [0, 0.1) is 5.41 Å². The van der Waals surface area contributed by atoms with Crippen LogP contribution < -0.4 is 10.6 Å². The average Bonchev–Trinajstić information content (AvgIpc) is 2.24. The minimum absolute atomic E-state index is 0.00721. The third-order valence-corrected chi connectivity index (χ3v) is 4.06. The number of nitrogens with two attached hydrogens (primary N) is 1. The topological polar surface area (TPSA) is 87.2 Å². The molecule has 100 valence electrons. The van der Waals surface area contributed by atoms with Crippen LogP contribution in [0.1, 0.15) is 5.56 Å². The Labute approximate surface area is 116 Å². The summed E-state index contributed by atoms with van der Waals surface area (Å²) >= 11 is 3.34. The van der Waals surface area contributed by atoms with E-state index in [0.717, 1.165) is 10.2 Å². The number of benzene rings is 1. The van der Waals surface area contributed by atoms with Gasteiger partial charge in [-0.3, -0.25) is 5.41 Å². The molecular formula is C11H16BrN3O2S. The predicted octanol–water partition coefficient (Wildman–Crippen LogP) is 1.21. The second-order valence-electron chi connectivity index (χ2n) is 4.13. The third kappa shape index (κ3) is 4.30. The maximum atomic E-state index is 11.1. The summed E-state index contributed by atoms with van der Waals surface area (Å²) in [6.07, 6.45) is 1.22. The highest BCUT2D eigenvalue weighted by molar-refractivity contribution is 9.10. The fourth-order valence-corrected chi connectivity index (χ4v) is 2.58. The van der Waals surface area contributed by atoms with E-state index in [1.54, 1.807) is 6.07 Å². The number of nitrogen functional groups attached to an aromatic ring is 1. The number of rotatable bonds is 5. The Kier molecular flexibility index (Phi) is 4.75. The van der Waals surface area contributed by atoms with Gasteiger partial charge in [-0.05, 0) is 34.1 Å². The molecule has 0 aromatic heterocycles. The van der Waals surface area contributed by atoms with Crippen molar-refractivity contribution in [3.8, 4) is 0 Å². The molecule has 0 saturated heterocycles. The molecule has 0 bridgehead atoms. The lowest BCUT2D eigenvalue weighted by molar-refractivity contribution is 0.601. The first kappa shape index (κ1) is 15.0. The number of sulfone groups is 1. The van der Waals surface area contributed by atoms with Crippen LogP contribution in [0.2, 0.25) is 0 Å². The van der Waals surface area contributed by atoms with Crippen LogP contribution in [-0.2, 0) is 9.84 Å². The van der Waals surface area contributed by atoms with Crippen molar-refractivity contribution >= 4 is 37.3 Å². The Hall–Kier alpha value is -1.08. The molecule has 0 saturated carbocycles. The van der Waals surface area contributed by atoms with Gasteiger partial charge in [-0.25, -0.2) is 8.42 Å². The van der Waals surface area contributed by atoms with E-state index in [2.05, 4.69) is 15.9 Å². The number of amidine groups is 1. The fraction of sp³-hybridized carbons (Fsp3) is 0.364. The summed E-state index contributed by atoms with van der Waals surface area (Å²) < 4.78 is 22.9. The Balaban J connectivity index is 2.85. The maximum absolute atomic E-state index is 11.1. The van der Waals surface area contributed by atoms with Crippen LogP contribution in [0.5, 0.6) is 0 Å². The summed E-state index contributed by atoms with van der Waals surface area (Å²) in [7, 11) is -1.15. The lowest BCUT2D eigenvalue weighted by Crippen LogP contribution is -2.25. The van der Waals surface area contributed by atoms with E-state index in [4.69, 9.17) is 11.1 Å². The third-order valence-electron chi connectivity index (χ3n) is 2.48. The van der Waals surface area contributed by atoms with Crippen molar-refractivity contribution in [3.63, 3.8) is 0 Å². The highest BCUT2D eigenvalue weighted by atomic mass is 79.9. The lowest BCUT2D eigenvalue weighted by atomic mass is 10.2. The zero-order valence-electron chi connectivity index (χ0n) is 10.3. The molecule has 0 aliphatic carbocycles. The van der Waals surface area contributed by atoms with Crippen molar-refractivity contribution in [1.29, 1.82) is 5.41 Å². The summed E-state index contributed by atoms with van der Waals surface area (Å²) in [4.78, 5) is 1.84. The molecule has 0 aliphatic rings. The van der Waals surface area contributed by atoms with E-state index in [-0.39, 0.29) is 11.6 Å². The molecule has 18 heavy (non-hydrogen) atoms. The Morgan fingerprint density at radius 3 is 2.56 bits per heavy atom. The minimum Gasteiger partial charge on any atom is -0.384 e. The number of nitrogens with one attached hydrogen (secondary N) is 1. The number of hydrogen-bond donors (Lipinski definition) is 2. The van der Waals surface area contributed by atoms with Crippen molar-refractivity contribution in [2.24, 2.45) is 5.73 Å². The first-order valence-corrected chi connectivity index (χ1v) is 8.09. The van der Waals surface area contributed by atoms with Crippen molar-refractivity contribution < 1.29 is 8.42 Å². The average molecular weight is 334 g/mol. The minimum atomic E-state index is -2.97. The summed E-state index contributed by atoms with van der Waals surface area (Å²) in [6.45, 7) is 0.421. The van der Waals surface area contributed by atoms with E-state index in [1.807, 2.05) is 24.1 Å². The zero-order valence-corrected chi connectivity index (χ0v) is 12.7. The molecule has 0 atom stereocenters. The van der Waals surface area contributed by atoms with Crippen molar-refractivity contribution in [2.45, 2.75) is 0 Å². The highest BCUT2D eigenvalue weighted by Gasteiger charge is 2.09. The number of anilines is 1. The number of halogens is 1. The molecule has 3 N–H and O–H groups in total. The van der Waals surface area contributed by atoms with Crippen molar-refractivity contribution in [2.75, 3.05) is 30.5 Å². The van der Waals surface area contributed by atoms with Gasteiger partial charge in [0.1, 0.15) is 15.7 Å². The van der Waals surface area contributed by atoms with Gasteiger partial charge in [0.15, 0.2) is 0 Å². The van der Waals surface area contributed by atoms with E-state index in [0.29, 0.717) is 12.1 Å². The molecule has 7 heteroatoms. The van der Waals surface area contributed by atoms with Crippen LogP contribution in [-0.4, -0.2) is 39.9 Å². The fourth-order valence-electron chi connectivity index (χ4n) is 1.39. The monoisotopic (exact) mass is 333 g/mol. The second-order valence-corrected chi connectivity index (χ2v) is 7.24. The molecule has 1 aromatic rings. The normalized spacial score (nSPS) is 11.3. The molecule has 0 fully saturated rings. The van der Waals surface area contributed by atoms with Gasteiger partial charge < -0.3 is 10.6 Å². The quantitative estimate of drug-likeness (QED) is 0.626. The SMILES string of the molecule is CN(CCS(C)(=O)=O)c1ccc(C(=N)N)c(Br)c1. The van der Waals surface area contributed by atoms with Gasteiger partial charge in [0.25, 0.3) is 0 Å². The van der Waals surface area contributed by atoms with Crippen LogP contribution in [0.4, 0.5) is 5.69 Å². The first-order chi connectivity index (χ1) is 8.20. The molecule has 0 heterocycles. The smallest absolute Gasteiger partial charge is 0.149 e. The standard InChI is InChI=1S/C11H16BrN3O2S/c1-15(5-6-18(2,16)17)8-3-4-9(11(13)14)10(12)7-8/h3-4,7H,5-6H2,1-2H3,(H3,13,14). The van der Waals surface area contributed by atoms with Gasteiger partial charge in [-0.2, -0.15) is 0 Å². The molecule has 0 aliphatic heterocycles. The molecule has 5 nitrogen and oxygen atoms in total. The first-order valence-electron chi connectivity index (χ1n) is 5.23. The van der Waals surface area contributed by atoms with E-state index < -0.39 is 9.84 Å². The molecule has 0 amide bonds. The predicted molar refractivity (Wildman–Crippen MR) is 78.1 cm³/mol. The Morgan fingerprint density at radius 2 is 2.11 bits per heavy atom. The lowest BCUT2D eigenvalue weighted by Gasteiger charge is -2.19. The molecule has 0 radical (unpaired) electrons. The summed E-state index contributed by atoms with van der Waals surface area (Å²) in [5.41, 5.74) is 6.91. The van der Waals surface area contributed by atoms with E-state index >= 15 is 0 Å². The summed E-state index contributed by atoms with van der Waals surface area (Å²) in [6, 6.07) is 5.36. The largest absolute Gasteiger partial charge is 0.384 e. The van der Waals surface area contributed by atoms with E-state index in [1.165, 1.54) is 6.26 Å². The highest BCUT2D eigenvalue weighted by Crippen LogP contribution is 2.23. The molecule has 0 unspecified atom stereocenters. The molecule has 1 rings (SSSR count). The van der Waals surface area contributed by atoms with Crippen molar-refractivity contribution in [1.82, 2.24) is 0 Å². The van der Waals surface area contributed by atoms with Gasteiger partial charge >= 0.3 is 0 Å². The van der Waals surface area contributed by atoms with Crippen LogP contribution in [0.25, 0.3) is 0 Å². The summed E-state index contributed by atoms with van der Waals surface area (Å²) in [5.74, 6) is 0.0995. The Morgan fingerprint density at radius 1 is 1.50 bits per heavy atom. The summed E-state index contributed by atoms with van der Waals surface area (Å²) in [5, 5.41) is 7.37. The maximum Gasteiger partial charge on any atom is 0.149 e. The van der Waals surface area contributed by atoms with Gasteiger partial charge in [-0.1, -0.05) is 0 Å². The molecular weight excluding hydrogens is 318 g/mol. The van der Waals surface area contributed by atoms with E-state index in [9.17, 15) is 8.42 Å². The molecule has 0 spiro atoms. The van der Waals surface area contributed by atoms with Gasteiger partial charge in [0, 0.05) is 35.6 Å². The van der Waals surface area contributed by atoms with Crippen LogP contribution >= 0.6 is 15.9 Å². The Bertz CT molecular complexity index is 557. The number of hydrogen-bond acceptors (Lipinski definition) is 4. The molecule has 1 aromatic carbocycles. The van der Waals surface area contributed by atoms with Crippen LogP contribution in [0.3, 0.4) is 0 Å². The van der Waals surface area contributed by atoms with Crippen molar-refractivity contribution in [3.05, 3.63) is 28.2 Å². The zero-order chi connectivity index (χ0) is 13.9. The second kappa shape index (κ2) is 5.71. The number of nitrogens with zero attached hydrogens (tertiary/aromatic N) is 1. The van der Waals surface area contributed by atoms with Gasteiger partial charge in [0.05, 0.1) is 5.75 Å².